The van der Waals surface area contributed by atoms with Crippen molar-refractivity contribution < 1.29 is 14.3 Å². The van der Waals surface area contributed by atoms with Crippen LogP contribution in [0.15, 0.2) is 22.6 Å². The number of carbonyl (C=O) groups is 1. The van der Waals surface area contributed by atoms with Crippen LogP contribution in [0.5, 0.6) is 0 Å². The number of hydrogen-bond acceptors (Lipinski definition) is 3. The number of hydrogen-bond donors (Lipinski definition) is 1. The maximum Gasteiger partial charge on any atom is 0.309 e. The van der Waals surface area contributed by atoms with Gasteiger partial charge in [-0.15, -0.1) is 0 Å². The highest BCUT2D eigenvalue weighted by Gasteiger charge is 2.28. The van der Waals surface area contributed by atoms with Gasteiger partial charge in [0, 0.05) is 6.92 Å². The van der Waals surface area contributed by atoms with E-state index in [2.05, 4.69) is 4.98 Å². The van der Waals surface area contributed by atoms with Crippen LogP contribution in [-0.2, 0) is 11.2 Å². The average molecular weight is 233 g/mol. The van der Waals surface area contributed by atoms with Gasteiger partial charge in [0.15, 0.2) is 11.5 Å². The van der Waals surface area contributed by atoms with Crippen LogP contribution >= 0.6 is 0 Å². The maximum absolute atomic E-state index is 11.1. The van der Waals surface area contributed by atoms with Crippen LogP contribution in [-0.4, -0.2) is 16.1 Å². The predicted molar refractivity (Wildman–Crippen MR) is 63.9 cm³/mol. The predicted octanol–water partition coefficient (Wildman–Crippen LogP) is 2.79. The van der Waals surface area contributed by atoms with E-state index in [0.29, 0.717) is 17.9 Å². The molecule has 0 saturated heterocycles. The van der Waals surface area contributed by atoms with Crippen LogP contribution in [0, 0.1) is 12.3 Å². The zero-order chi connectivity index (χ0) is 12.6. The molecule has 90 valence electrons. The van der Waals surface area contributed by atoms with Crippen molar-refractivity contribution in [2.45, 2.75) is 27.2 Å². The Bertz CT molecular complexity index is 569. The summed E-state index contributed by atoms with van der Waals surface area (Å²) in [5, 5.41) is 9.14. The second-order valence-corrected chi connectivity index (χ2v) is 4.86. The van der Waals surface area contributed by atoms with Crippen molar-refractivity contribution in [3.05, 3.63) is 29.7 Å². The van der Waals surface area contributed by atoms with E-state index < -0.39 is 11.4 Å². The molecule has 0 fully saturated rings. The zero-order valence-corrected chi connectivity index (χ0v) is 10.2. The molecule has 0 unspecified atom stereocenters. The molecule has 2 rings (SSSR count). The number of rotatable bonds is 3. The lowest BCUT2D eigenvalue weighted by molar-refractivity contribution is -0.146. The van der Waals surface area contributed by atoms with Crippen molar-refractivity contribution in [3.63, 3.8) is 0 Å². The van der Waals surface area contributed by atoms with E-state index in [1.807, 2.05) is 18.2 Å². The molecular weight excluding hydrogens is 218 g/mol. The van der Waals surface area contributed by atoms with E-state index >= 15 is 0 Å². The minimum atomic E-state index is -0.810. The fraction of sp³-hybridized carbons (Fsp3) is 0.385. The van der Waals surface area contributed by atoms with E-state index in [1.165, 1.54) is 0 Å². The van der Waals surface area contributed by atoms with Gasteiger partial charge in [0.25, 0.3) is 0 Å². The molecule has 0 bridgehead atoms. The summed E-state index contributed by atoms with van der Waals surface area (Å²) < 4.78 is 5.42. The summed E-state index contributed by atoms with van der Waals surface area (Å²) in [6.07, 6.45) is 0.436. The summed E-state index contributed by atoms with van der Waals surface area (Å²) in [7, 11) is 0. The number of para-hydroxylation sites is 1. The lowest BCUT2D eigenvalue weighted by Gasteiger charge is -2.18. The molecule has 0 saturated carbocycles. The Balaban J connectivity index is 2.46. The number of carboxylic acid groups (broad SMARTS) is 1. The molecule has 0 aliphatic carbocycles. The Morgan fingerprint density at radius 1 is 1.47 bits per heavy atom. The Morgan fingerprint density at radius 3 is 2.82 bits per heavy atom. The number of benzene rings is 1. The Kier molecular flexibility index (Phi) is 2.65. The molecule has 0 radical (unpaired) electrons. The lowest BCUT2D eigenvalue weighted by Crippen LogP contribution is -2.26. The highest BCUT2D eigenvalue weighted by molar-refractivity contribution is 5.79. The number of nitrogens with zero attached hydrogens (tertiary/aromatic N) is 1. The fourth-order valence-corrected chi connectivity index (χ4v) is 1.81. The molecule has 4 nitrogen and oxygen atoms in total. The van der Waals surface area contributed by atoms with Crippen molar-refractivity contribution in [2.24, 2.45) is 5.41 Å². The molecule has 1 aromatic heterocycles. The van der Waals surface area contributed by atoms with Crippen molar-refractivity contribution in [1.29, 1.82) is 0 Å². The molecule has 0 aliphatic heterocycles. The number of oxazole rings is 1. The van der Waals surface area contributed by atoms with E-state index in [-0.39, 0.29) is 0 Å². The number of carboxylic acids is 1. The van der Waals surface area contributed by atoms with Gasteiger partial charge in [0.1, 0.15) is 5.52 Å². The molecule has 0 spiro atoms. The second-order valence-electron chi connectivity index (χ2n) is 4.86. The summed E-state index contributed by atoms with van der Waals surface area (Å²) in [5.41, 5.74) is 1.58. The first-order chi connectivity index (χ1) is 7.90. The van der Waals surface area contributed by atoms with Gasteiger partial charge in [-0.05, 0) is 31.9 Å². The van der Waals surface area contributed by atoms with Crippen LogP contribution in [0.1, 0.15) is 25.3 Å². The molecule has 0 amide bonds. The molecule has 17 heavy (non-hydrogen) atoms. The minimum absolute atomic E-state index is 0.436. The van der Waals surface area contributed by atoms with Gasteiger partial charge in [-0.25, -0.2) is 4.98 Å². The molecule has 0 atom stereocenters. The van der Waals surface area contributed by atoms with Crippen LogP contribution in [0.3, 0.4) is 0 Å². The second kappa shape index (κ2) is 3.87. The van der Waals surface area contributed by atoms with Crippen LogP contribution in [0.2, 0.25) is 0 Å². The highest BCUT2D eigenvalue weighted by Crippen LogP contribution is 2.27. The van der Waals surface area contributed by atoms with Gasteiger partial charge in [-0.3, -0.25) is 4.79 Å². The lowest BCUT2D eigenvalue weighted by atomic mass is 9.85. The molecular formula is C13H15NO3. The number of aromatic nitrogens is 1. The van der Waals surface area contributed by atoms with Crippen molar-refractivity contribution in [3.8, 4) is 0 Å². The summed E-state index contributed by atoms with van der Waals surface area (Å²) in [6.45, 7) is 5.20. The first kappa shape index (κ1) is 11.6. The van der Waals surface area contributed by atoms with Gasteiger partial charge in [0.2, 0.25) is 0 Å². The monoisotopic (exact) mass is 233 g/mol. The Hall–Kier alpha value is -1.84. The molecule has 0 aliphatic rings. The van der Waals surface area contributed by atoms with Gasteiger partial charge in [-0.2, -0.15) is 0 Å². The van der Waals surface area contributed by atoms with Gasteiger partial charge in [0.05, 0.1) is 5.41 Å². The third-order valence-corrected chi connectivity index (χ3v) is 2.82. The number of aryl methyl sites for hydroxylation is 1. The smallest absolute Gasteiger partial charge is 0.309 e. The first-order valence-corrected chi connectivity index (χ1v) is 5.48. The van der Waals surface area contributed by atoms with Crippen molar-refractivity contribution in [1.82, 2.24) is 4.98 Å². The fourth-order valence-electron chi connectivity index (χ4n) is 1.81. The average Bonchev–Trinajstić information content (AvgIpc) is 2.59. The number of fused-ring (bicyclic) bond motifs is 1. The van der Waals surface area contributed by atoms with E-state index in [9.17, 15) is 4.79 Å². The van der Waals surface area contributed by atoms with Gasteiger partial charge >= 0.3 is 5.97 Å². The molecule has 1 aromatic carbocycles. The zero-order valence-electron chi connectivity index (χ0n) is 10.2. The Labute approximate surface area is 99.3 Å². The van der Waals surface area contributed by atoms with Crippen molar-refractivity contribution in [2.75, 3.05) is 0 Å². The standard InChI is InChI=1S/C13H15NO3/c1-8-14-11-9(5-4-6-10(11)17-8)7-13(2,3)12(15)16/h4-6H,7H2,1-3H3,(H,15,16). The van der Waals surface area contributed by atoms with Gasteiger partial charge in [-0.1, -0.05) is 12.1 Å². The van der Waals surface area contributed by atoms with Crippen LogP contribution < -0.4 is 0 Å². The summed E-state index contributed by atoms with van der Waals surface area (Å²) in [6, 6.07) is 5.60. The highest BCUT2D eigenvalue weighted by atomic mass is 16.4. The Morgan fingerprint density at radius 2 is 2.18 bits per heavy atom. The quantitative estimate of drug-likeness (QED) is 0.885. The molecule has 4 heteroatoms. The van der Waals surface area contributed by atoms with Crippen molar-refractivity contribution >= 4 is 17.1 Å². The van der Waals surface area contributed by atoms with E-state index in [4.69, 9.17) is 9.52 Å². The third kappa shape index (κ3) is 2.16. The minimum Gasteiger partial charge on any atom is -0.481 e. The first-order valence-electron chi connectivity index (χ1n) is 5.48. The molecule has 1 heterocycles. The SMILES string of the molecule is Cc1nc2c(CC(C)(C)C(=O)O)cccc2o1. The summed E-state index contributed by atoms with van der Waals surface area (Å²) in [5.74, 6) is -0.213. The molecule has 1 N–H and O–H groups in total. The van der Waals surface area contributed by atoms with Gasteiger partial charge < -0.3 is 9.52 Å². The number of aliphatic carboxylic acids is 1. The topological polar surface area (TPSA) is 63.3 Å². The summed E-state index contributed by atoms with van der Waals surface area (Å²) >= 11 is 0. The van der Waals surface area contributed by atoms with E-state index in [1.54, 1.807) is 20.8 Å². The normalized spacial score (nSPS) is 11.9. The van der Waals surface area contributed by atoms with Crippen LogP contribution in [0.25, 0.3) is 11.1 Å². The van der Waals surface area contributed by atoms with Crippen LogP contribution in [0.4, 0.5) is 0 Å². The third-order valence-electron chi connectivity index (χ3n) is 2.82. The van der Waals surface area contributed by atoms with E-state index in [0.717, 1.165) is 11.1 Å². The largest absolute Gasteiger partial charge is 0.481 e. The maximum atomic E-state index is 11.1. The molecule has 2 aromatic rings. The summed E-state index contributed by atoms with van der Waals surface area (Å²) in [4.78, 5) is 15.4.